The molecule has 19 heavy (non-hydrogen) atoms. The van der Waals surface area contributed by atoms with Crippen molar-refractivity contribution in [2.24, 2.45) is 0 Å². The normalized spacial score (nSPS) is 13.7. The van der Waals surface area contributed by atoms with Crippen LogP contribution in [0.3, 0.4) is 0 Å². The topological polar surface area (TPSA) is 84.6 Å². The van der Waals surface area contributed by atoms with Gasteiger partial charge < -0.3 is 20.9 Å². The Hall–Kier alpha value is -1.75. The second-order valence-electron chi connectivity index (χ2n) is 4.80. The molecule has 106 valence electrons. The molecule has 1 amide bonds. The van der Waals surface area contributed by atoms with Crippen molar-refractivity contribution < 1.29 is 14.6 Å². The maximum atomic E-state index is 12.2. The standard InChI is InChI=1S/C14H22N2O3/c1-4-14(2,7-8-17)16-13(18)10-5-6-11(15)12(9-10)19-3/h5-6,9,17H,4,7-8,15H2,1-3H3,(H,16,18). The molecule has 1 aromatic rings. The lowest BCUT2D eigenvalue weighted by Crippen LogP contribution is -2.46. The fraction of sp³-hybridized carbons (Fsp3) is 0.500. The van der Waals surface area contributed by atoms with Gasteiger partial charge in [0.1, 0.15) is 5.75 Å². The van der Waals surface area contributed by atoms with Gasteiger partial charge >= 0.3 is 0 Å². The zero-order valence-electron chi connectivity index (χ0n) is 11.7. The SMILES string of the molecule is CCC(C)(CCO)NC(=O)c1ccc(N)c(OC)c1. The summed E-state index contributed by atoms with van der Waals surface area (Å²) in [5.41, 5.74) is 6.28. The molecule has 1 unspecified atom stereocenters. The molecule has 0 heterocycles. The Morgan fingerprint density at radius 2 is 2.21 bits per heavy atom. The number of rotatable bonds is 6. The second kappa shape index (κ2) is 6.43. The first-order valence-electron chi connectivity index (χ1n) is 6.32. The maximum Gasteiger partial charge on any atom is 0.251 e. The van der Waals surface area contributed by atoms with Gasteiger partial charge in [0.15, 0.2) is 0 Å². The molecule has 5 heteroatoms. The number of amides is 1. The fourth-order valence-corrected chi connectivity index (χ4v) is 1.77. The van der Waals surface area contributed by atoms with Gasteiger partial charge in [-0.25, -0.2) is 0 Å². The number of anilines is 1. The summed E-state index contributed by atoms with van der Waals surface area (Å²) >= 11 is 0. The van der Waals surface area contributed by atoms with Crippen LogP contribution < -0.4 is 15.8 Å². The lowest BCUT2D eigenvalue weighted by molar-refractivity contribution is 0.0886. The van der Waals surface area contributed by atoms with Crippen LogP contribution in [0.15, 0.2) is 18.2 Å². The van der Waals surface area contributed by atoms with Crippen LogP contribution in [0.2, 0.25) is 0 Å². The molecule has 0 radical (unpaired) electrons. The van der Waals surface area contributed by atoms with Gasteiger partial charge in [-0.3, -0.25) is 4.79 Å². The zero-order valence-corrected chi connectivity index (χ0v) is 11.7. The van der Waals surface area contributed by atoms with Crippen molar-refractivity contribution in [1.29, 1.82) is 0 Å². The number of benzene rings is 1. The van der Waals surface area contributed by atoms with Crippen LogP contribution in [0.5, 0.6) is 5.75 Å². The number of carbonyl (C=O) groups is 1. The average Bonchev–Trinajstić information content (AvgIpc) is 2.39. The summed E-state index contributed by atoms with van der Waals surface area (Å²) < 4.78 is 5.09. The Bertz CT molecular complexity index is 448. The minimum absolute atomic E-state index is 0.0374. The van der Waals surface area contributed by atoms with Crippen LogP contribution >= 0.6 is 0 Å². The molecule has 1 atom stereocenters. The van der Waals surface area contributed by atoms with Crippen LogP contribution in [0.25, 0.3) is 0 Å². The highest BCUT2D eigenvalue weighted by atomic mass is 16.5. The first-order chi connectivity index (χ1) is 8.95. The molecule has 0 bridgehead atoms. The van der Waals surface area contributed by atoms with Crippen molar-refractivity contribution in [1.82, 2.24) is 5.32 Å². The predicted molar refractivity (Wildman–Crippen MR) is 75.3 cm³/mol. The maximum absolute atomic E-state index is 12.2. The van der Waals surface area contributed by atoms with Crippen molar-refractivity contribution in [3.63, 3.8) is 0 Å². The molecule has 0 saturated heterocycles. The van der Waals surface area contributed by atoms with Crippen LogP contribution in [-0.2, 0) is 0 Å². The zero-order chi connectivity index (χ0) is 14.5. The lowest BCUT2D eigenvalue weighted by atomic mass is 9.94. The van der Waals surface area contributed by atoms with E-state index in [-0.39, 0.29) is 12.5 Å². The third-order valence-electron chi connectivity index (χ3n) is 3.35. The van der Waals surface area contributed by atoms with Gasteiger partial charge in [0.05, 0.1) is 12.8 Å². The van der Waals surface area contributed by atoms with Crippen LogP contribution in [0.1, 0.15) is 37.0 Å². The van der Waals surface area contributed by atoms with Gasteiger partial charge in [0, 0.05) is 17.7 Å². The molecule has 0 aliphatic rings. The van der Waals surface area contributed by atoms with Crippen LogP contribution in [0.4, 0.5) is 5.69 Å². The molecule has 1 rings (SSSR count). The van der Waals surface area contributed by atoms with Gasteiger partial charge in [-0.15, -0.1) is 0 Å². The Balaban J connectivity index is 2.88. The number of ether oxygens (including phenoxy) is 1. The number of methoxy groups -OCH3 is 1. The molecule has 0 aromatic heterocycles. The lowest BCUT2D eigenvalue weighted by Gasteiger charge is -2.29. The van der Waals surface area contributed by atoms with E-state index in [9.17, 15) is 4.79 Å². The van der Waals surface area contributed by atoms with Gasteiger partial charge in [-0.1, -0.05) is 6.92 Å². The molecule has 0 fully saturated rings. The summed E-state index contributed by atoms with van der Waals surface area (Å²) in [4.78, 5) is 12.2. The molecular weight excluding hydrogens is 244 g/mol. The summed E-state index contributed by atoms with van der Waals surface area (Å²) in [5, 5.41) is 12.0. The number of nitrogens with two attached hydrogens (primary N) is 1. The highest BCUT2D eigenvalue weighted by molar-refractivity contribution is 5.95. The average molecular weight is 266 g/mol. The highest BCUT2D eigenvalue weighted by Gasteiger charge is 2.24. The summed E-state index contributed by atoms with van der Waals surface area (Å²) in [5.74, 6) is 0.282. The Kier molecular flexibility index (Phi) is 5.18. The largest absolute Gasteiger partial charge is 0.495 e. The first-order valence-corrected chi connectivity index (χ1v) is 6.32. The highest BCUT2D eigenvalue weighted by Crippen LogP contribution is 2.23. The van der Waals surface area contributed by atoms with E-state index >= 15 is 0 Å². The van der Waals surface area contributed by atoms with Gasteiger partial charge in [-0.2, -0.15) is 0 Å². The fourth-order valence-electron chi connectivity index (χ4n) is 1.77. The number of hydrogen-bond donors (Lipinski definition) is 3. The molecule has 0 spiro atoms. The number of carbonyl (C=O) groups excluding carboxylic acids is 1. The monoisotopic (exact) mass is 266 g/mol. The Morgan fingerprint density at radius 1 is 1.53 bits per heavy atom. The van der Waals surface area contributed by atoms with E-state index in [4.69, 9.17) is 15.6 Å². The van der Waals surface area contributed by atoms with E-state index in [0.717, 1.165) is 6.42 Å². The van der Waals surface area contributed by atoms with Crippen molar-refractivity contribution in [2.75, 3.05) is 19.5 Å². The van der Waals surface area contributed by atoms with E-state index in [1.807, 2.05) is 13.8 Å². The third kappa shape index (κ3) is 3.86. The van der Waals surface area contributed by atoms with Crippen molar-refractivity contribution in [3.8, 4) is 5.75 Å². The van der Waals surface area contributed by atoms with Crippen LogP contribution in [-0.4, -0.2) is 30.3 Å². The number of aliphatic hydroxyl groups is 1. The van der Waals surface area contributed by atoms with Gasteiger partial charge in [-0.05, 0) is 38.0 Å². The van der Waals surface area contributed by atoms with E-state index in [0.29, 0.717) is 23.4 Å². The third-order valence-corrected chi connectivity index (χ3v) is 3.35. The minimum Gasteiger partial charge on any atom is -0.495 e. The Labute approximate surface area is 113 Å². The van der Waals surface area contributed by atoms with E-state index in [1.54, 1.807) is 18.2 Å². The summed E-state index contributed by atoms with van der Waals surface area (Å²) in [6.07, 6.45) is 1.26. The van der Waals surface area contributed by atoms with E-state index < -0.39 is 5.54 Å². The number of nitrogens with one attached hydrogen (secondary N) is 1. The molecule has 1 aromatic carbocycles. The quantitative estimate of drug-likeness (QED) is 0.682. The van der Waals surface area contributed by atoms with Crippen molar-refractivity contribution in [3.05, 3.63) is 23.8 Å². The van der Waals surface area contributed by atoms with E-state index in [2.05, 4.69) is 5.32 Å². The Morgan fingerprint density at radius 3 is 2.74 bits per heavy atom. The van der Waals surface area contributed by atoms with Crippen LogP contribution in [0, 0.1) is 0 Å². The molecule has 0 saturated carbocycles. The molecule has 0 aliphatic heterocycles. The van der Waals surface area contributed by atoms with Gasteiger partial charge in [0.25, 0.3) is 5.91 Å². The summed E-state index contributed by atoms with van der Waals surface area (Å²) in [7, 11) is 1.51. The van der Waals surface area contributed by atoms with Crippen molar-refractivity contribution in [2.45, 2.75) is 32.2 Å². The van der Waals surface area contributed by atoms with Gasteiger partial charge in [0.2, 0.25) is 0 Å². The van der Waals surface area contributed by atoms with Crippen molar-refractivity contribution >= 4 is 11.6 Å². The second-order valence-corrected chi connectivity index (χ2v) is 4.80. The molecular formula is C14H22N2O3. The smallest absolute Gasteiger partial charge is 0.251 e. The number of hydrogen-bond acceptors (Lipinski definition) is 4. The minimum atomic E-state index is -0.416. The molecule has 0 aliphatic carbocycles. The number of aliphatic hydroxyl groups excluding tert-OH is 1. The molecule has 5 nitrogen and oxygen atoms in total. The molecule has 4 N–H and O–H groups in total. The predicted octanol–water partition coefficient (Wildman–Crippen LogP) is 1.56. The number of nitrogen functional groups attached to an aromatic ring is 1. The first kappa shape index (κ1) is 15.3. The summed E-state index contributed by atoms with van der Waals surface area (Å²) in [6, 6.07) is 4.91. The van der Waals surface area contributed by atoms with E-state index in [1.165, 1.54) is 7.11 Å². The summed E-state index contributed by atoms with van der Waals surface area (Å²) in [6.45, 7) is 3.92.